The van der Waals surface area contributed by atoms with E-state index in [1.165, 1.54) is 0 Å². The van der Waals surface area contributed by atoms with Crippen molar-refractivity contribution in [2.75, 3.05) is 13.2 Å². The molecule has 3 aliphatic heterocycles. The molecular weight excluding hydrogens is 572 g/mol. The van der Waals surface area contributed by atoms with Crippen molar-refractivity contribution in [2.24, 2.45) is 17.8 Å². The molecule has 228 valence electrons. The largest absolute Gasteiger partial charge is 0.726 e. The van der Waals surface area contributed by atoms with E-state index in [9.17, 15) is 13.0 Å². The van der Waals surface area contributed by atoms with E-state index in [4.69, 9.17) is 27.9 Å². The fraction of sp³-hybridized carbons (Fsp3) is 0.455. The van der Waals surface area contributed by atoms with Gasteiger partial charge in [0.05, 0.1) is 37.6 Å². The lowest BCUT2D eigenvalue weighted by molar-refractivity contribution is -0.292. The summed E-state index contributed by atoms with van der Waals surface area (Å²) in [5, 5.41) is 0. The third kappa shape index (κ3) is 6.29. The molecule has 1 aliphatic carbocycles. The SMILES string of the molecule is O=S(=O)([O-])O[C@@H]1CCC(c2ccccc2)O[C@H]1CC1[C@H]2CO[C@@H](c3ccccc3)O[C@H]2[C@@H]2O[C@H](c3ccccc3)OC[C@H]12. The minimum absolute atomic E-state index is 0.0524. The van der Waals surface area contributed by atoms with Crippen LogP contribution in [0, 0.1) is 17.8 Å². The molecular formula is C33H35O9S-. The lowest BCUT2D eigenvalue weighted by Gasteiger charge is -2.40. The summed E-state index contributed by atoms with van der Waals surface area (Å²) < 4.78 is 72.6. The van der Waals surface area contributed by atoms with Gasteiger partial charge in [-0.25, -0.2) is 8.42 Å². The van der Waals surface area contributed by atoms with Gasteiger partial charge in [0.1, 0.15) is 6.10 Å². The molecule has 3 aromatic rings. The second-order valence-corrected chi connectivity index (χ2v) is 12.8. The summed E-state index contributed by atoms with van der Waals surface area (Å²) >= 11 is 0. The average molecular weight is 608 g/mol. The molecule has 1 unspecified atom stereocenters. The maximum absolute atomic E-state index is 11.7. The molecule has 0 aromatic heterocycles. The maximum atomic E-state index is 11.7. The molecule has 7 rings (SSSR count). The second kappa shape index (κ2) is 12.4. The lowest BCUT2D eigenvalue weighted by Crippen LogP contribution is -2.43. The van der Waals surface area contributed by atoms with Crippen molar-refractivity contribution in [1.29, 1.82) is 0 Å². The molecule has 3 aromatic carbocycles. The van der Waals surface area contributed by atoms with E-state index in [0.29, 0.717) is 32.5 Å². The lowest BCUT2D eigenvalue weighted by atomic mass is 9.81. The molecule has 0 amide bonds. The standard InChI is InChI=1S/C33H36O9S/c34-43(35,36)42-28-17-16-27(21-10-4-1-5-11-21)39-29(28)18-24-25-19-37-32(22-12-6-2-7-13-22)40-30(25)31-26(24)20-38-33(41-31)23-14-8-3-9-15-23/h1-15,24-33H,16-20H2,(H,34,35,36)/p-1/t25-,26-,27?,28-,29+,30-,31-,32-,33-/m1/s1. The molecule has 0 radical (unpaired) electrons. The quantitative estimate of drug-likeness (QED) is 0.263. The monoisotopic (exact) mass is 607 g/mol. The number of hydrogen-bond acceptors (Lipinski definition) is 9. The van der Waals surface area contributed by atoms with Crippen molar-refractivity contribution >= 4 is 10.4 Å². The summed E-state index contributed by atoms with van der Waals surface area (Å²) in [6.07, 6.45) is -2.01. The maximum Gasteiger partial charge on any atom is 0.217 e. The van der Waals surface area contributed by atoms with Crippen molar-refractivity contribution < 1.29 is 40.8 Å². The van der Waals surface area contributed by atoms with E-state index in [0.717, 1.165) is 16.7 Å². The summed E-state index contributed by atoms with van der Waals surface area (Å²) in [5.74, 6) is -0.167. The van der Waals surface area contributed by atoms with Crippen LogP contribution in [0.3, 0.4) is 0 Å². The van der Waals surface area contributed by atoms with Gasteiger partial charge < -0.3 is 28.2 Å². The number of fused-ring (bicyclic) bond motifs is 3. The van der Waals surface area contributed by atoms with Crippen LogP contribution in [0.5, 0.6) is 0 Å². The molecule has 43 heavy (non-hydrogen) atoms. The molecule has 0 N–H and O–H groups in total. The van der Waals surface area contributed by atoms with Gasteiger partial charge in [0.15, 0.2) is 12.6 Å². The van der Waals surface area contributed by atoms with Gasteiger partial charge in [-0.15, -0.1) is 0 Å². The fourth-order valence-corrected chi connectivity index (χ4v) is 7.81. The van der Waals surface area contributed by atoms with Crippen LogP contribution in [0.2, 0.25) is 0 Å². The smallest absolute Gasteiger partial charge is 0.217 e. The second-order valence-electron chi connectivity index (χ2n) is 11.8. The van der Waals surface area contributed by atoms with E-state index in [1.807, 2.05) is 91.0 Å². The molecule has 9 atom stereocenters. The molecule has 3 saturated heterocycles. The summed E-state index contributed by atoms with van der Waals surface area (Å²) in [6, 6.07) is 29.5. The highest BCUT2D eigenvalue weighted by Crippen LogP contribution is 2.52. The number of benzene rings is 3. The van der Waals surface area contributed by atoms with Gasteiger partial charge in [-0.05, 0) is 30.7 Å². The van der Waals surface area contributed by atoms with Crippen LogP contribution < -0.4 is 0 Å². The van der Waals surface area contributed by atoms with Gasteiger partial charge in [0, 0.05) is 23.0 Å². The Morgan fingerprint density at radius 2 is 1.16 bits per heavy atom. The predicted octanol–water partition coefficient (Wildman–Crippen LogP) is 5.23. The van der Waals surface area contributed by atoms with E-state index < -0.39 is 35.2 Å². The first-order valence-electron chi connectivity index (χ1n) is 14.9. The predicted molar refractivity (Wildman–Crippen MR) is 153 cm³/mol. The summed E-state index contributed by atoms with van der Waals surface area (Å²) in [7, 11) is -4.92. The normalized spacial score (nSPS) is 36.0. The van der Waals surface area contributed by atoms with Crippen LogP contribution >= 0.6 is 0 Å². The average Bonchev–Trinajstić information content (AvgIpc) is 3.34. The van der Waals surface area contributed by atoms with Gasteiger partial charge in [-0.2, -0.15) is 0 Å². The highest BCUT2D eigenvalue weighted by molar-refractivity contribution is 7.80. The van der Waals surface area contributed by atoms with Crippen LogP contribution in [-0.2, 0) is 38.3 Å². The Bertz CT molecular complexity index is 1390. The number of rotatable bonds is 7. The molecule has 4 fully saturated rings. The van der Waals surface area contributed by atoms with Crippen molar-refractivity contribution in [3.8, 4) is 0 Å². The molecule has 0 spiro atoms. The Kier molecular flexibility index (Phi) is 8.36. The van der Waals surface area contributed by atoms with Crippen molar-refractivity contribution in [2.45, 2.75) is 62.4 Å². The minimum atomic E-state index is -4.92. The van der Waals surface area contributed by atoms with Gasteiger partial charge in [0.2, 0.25) is 10.4 Å². The summed E-state index contributed by atoms with van der Waals surface area (Å²) in [4.78, 5) is 0. The summed E-state index contributed by atoms with van der Waals surface area (Å²) in [5.41, 5.74) is 2.87. The van der Waals surface area contributed by atoms with Crippen molar-refractivity contribution in [3.05, 3.63) is 108 Å². The van der Waals surface area contributed by atoms with Crippen molar-refractivity contribution in [3.63, 3.8) is 0 Å². The van der Waals surface area contributed by atoms with Crippen molar-refractivity contribution in [1.82, 2.24) is 0 Å². The van der Waals surface area contributed by atoms with Crippen LogP contribution in [0.15, 0.2) is 91.0 Å². The molecule has 3 heterocycles. The molecule has 0 bridgehead atoms. The molecule has 4 aliphatic rings. The van der Waals surface area contributed by atoms with Crippen LogP contribution in [0.1, 0.15) is 54.6 Å². The molecule has 1 saturated carbocycles. The Labute approximate surface area is 252 Å². The van der Waals surface area contributed by atoms with E-state index >= 15 is 0 Å². The zero-order valence-electron chi connectivity index (χ0n) is 23.6. The van der Waals surface area contributed by atoms with E-state index in [-0.39, 0.29) is 36.1 Å². The Balaban J connectivity index is 1.17. The Morgan fingerprint density at radius 1 is 0.674 bits per heavy atom. The number of ether oxygens (including phenoxy) is 5. The van der Waals surface area contributed by atoms with Crippen LogP contribution in [0.4, 0.5) is 0 Å². The minimum Gasteiger partial charge on any atom is -0.726 e. The van der Waals surface area contributed by atoms with E-state index in [1.54, 1.807) is 0 Å². The van der Waals surface area contributed by atoms with Gasteiger partial charge in [-0.1, -0.05) is 91.0 Å². The Hall–Kier alpha value is -2.67. The first-order chi connectivity index (χ1) is 20.9. The highest BCUT2D eigenvalue weighted by Gasteiger charge is 2.58. The van der Waals surface area contributed by atoms with Gasteiger partial charge in [-0.3, -0.25) is 4.18 Å². The third-order valence-electron chi connectivity index (χ3n) is 9.24. The molecule has 10 heteroatoms. The third-order valence-corrected chi connectivity index (χ3v) is 9.72. The molecule has 9 nitrogen and oxygen atoms in total. The highest BCUT2D eigenvalue weighted by atomic mass is 32.3. The van der Waals surface area contributed by atoms with Gasteiger partial charge in [0.25, 0.3) is 0 Å². The fourth-order valence-electron chi connectivity index (χ4n) is 7.28. The number of hydrogen-bond donors (Lipinski definition) is 0. The Morgan fingerprint density at radius 3 is 1.65 bits per heavy atom. The first kappa shape index (κ1) is 29.1. The summed E-state index contributed by atoms with van der Waals surface area (Å²) in [6.45, 7) is 0.864. The zero-order chi connectivity index (χ0) is 29.4. The van der Waals surface area contributed by atoms with Gasteiger partial charge >= 0.3 is 0 Å². The van der Waals surface area contributed by atoms with Crippen LogP contribution in [-0.4, -0.2) is 50.6 Å². The topological polar surface area (TPSA) is 113 Å². The van der Waals surface area contributed by atoms with Crippen LogP contribution in [0.25, 0.3) is 0 Å². The van der Waals surface area contributed by atoms with E-state index in [2.05, 4.69) is 0 Å². The first-order valence-corrected chi connectivity index (χ1v) is 16.2. The zero-order valence-corrected chi connectivity index (χ0v) is 24.4.